The van der Waals surface area contributed by atoms with Gasteiger partial charge in [0.25, 0.3) is 0 Å². The fraction of sp³-hybridized carbons (Fsp3) is 0.462. The Morgan fingerprint density at radius 1 is 1.50 bits per heavy atom. The molecule has 5 heteroatoms. The first-order valence-corrected chi connectivity index (χ1v) is 5.88. The fourth-order valence-electron chi connectivity index (χ4n) is 2.43. The van der Waals surface area contributed by atoms with Crippen molar-refractivity contribution in [2.75, 3.05) is 13.7 Å². The number of ether oxygens (including phenoxy) is 1. The second kappa shape index (κ2) is 4.49. The van der Waals surface area contributed by atoms with Crippen LogP contribution in [0, 0.1) is 0 Å². The van der Waals surface area contributed by atoms with E-state index in [-0.39, 0.29) is 17.1 Å². The lowest BCUT2D eigenvalue weighted by molar-refractivity contribution is 0.0696. The highest BCUT2D eigenvalue weighted by molar-refractivity contribution is 5.89. The van der Waals surface area contributed by atoms with Gasteiger partial charge in [-0.15, -0.1) is 0 Å². The Bertz CT molecular complexity index is 478. The maximum atomic E-state index is 11.1. The van der Waals surface area contributed by atoms with E-state index in [1.54, 1.807) is 0 Å². The predicted octanol–water partition coefficient (Wildman–Crippen LogP) is 1.70. The standard InChI is InChI=1S/C13H17NO4/c1-13(4-3-5-14-13)9-6-8(12(16)17)7-10(18-2)11(9)15/h6-7,14-15H,3-5H2,1-2H3,(H,16,17). The van der Waals surface area contributed by atoms with E-state index < -0.39 is 11.5 Å². The Labute approximate surface area is 105 Å². The Balaban J connectivity index is 2.57. The van der Waals surface area contributed by atoms with Gasteiger partial charge in [-0.05, 0) is 38.4 Å². The van der Waals surface area contributed by atoms with E-state index in [2.05, 4.69) is 5.32 Å². The first-order valence-electron chi connectivity index (χ1n) is 5.88. The van der Waals surface area contributed by atoms with E-state index in [1.165, 1.54) is 19.2 Å². The van der Waals surface area contributed by atoms with Crippen LogP contribution >= 0.6 is 0 Å². The van der Waals surface area contributed by atoms with Crippen LogP contribution in [0.15, 0.2) is 12.1 Å². The molecule has 0 amide bonds. The molecule has 0 bridgehead atoms. The van der Waals surface area contributed by atoms with Crippen molar-refractivity contribution < 1.29 is 19.7 Å². The van der Waals surface area contributed by atoms with Gasteiger partial charge in [-0.3, -0.25) is 0 Å². The van der Waals surface area contributed by atoms with Gasteiger partial charge in [-0.1, -0.05) is 0 Å². The molecule has 1 aliphatic heterocycles. The number of carboxylic acid groups (broad SMARTS) is 1. The summed E-state index contributed by atoms with van der Waals surface area (Å²) >= 11 is 0. The summed E-state index contributed by atoms with van der Waals surface area (Å²) in [5.41, 5.74) is 0.300. The number of carbonyl (C=O) groups is 1. The lowest BCUT2D eigenvalue weighted by Gasteiger charge is -2.27. The number of nitrogens with one attached hydrogen (secondary N) is 1. The molecule has 1 aromatic carbocycles. The van der Waals surface area contributed by atoms with Crippen molar-refractivity contribution in [1.29, 1.82) is 0 Å². The molecular formula is C13H17NO4. The van der Waals surface area contributed by atoms with Crippen molar-refractivity contribution in [1.82, 2.24) is 5.32 Å². The van der Waals surface area contributed by atoms with E-state index in [4.69, 9.17) is 9.84 Å². The summed E-state index contributed by atoms with van der Waals surface area (Å²) in [5.74, 6) is -0.824. The van der Waals surface area contributed by atoms with Gasteiger partial charge < -0.3 is 20.3 Å². The highest BCUT2D eigenvalue weighted by Crippen LogP contribution is 2.41. The maximum Gasteiger partial charge on any atom is 0.335 e. The molecule has 98 valence electrons. The molecule has 0 saturated carbocycles. The number of carboxylic acids is 1. The summed E-state index contributed by atoms with van der Waals surface area (Å²) in [4.78, 5) is 11.1. The van der Waals surface area contributed by atoms with Crippen molar-refractivity contribution in [3.63, 3.8) is 0 Å². The highest BCUT2D eigenvalue weighted by atomic mass is 16.5. The third-order valence-corrected chi connectivity index (χ3v) is 3.50. The molecule has 0 radical (unpaired) electrons. The van der Waals surface area contributed by atoms with Crippen LogP contribution in [0.4, 0.5) is 0 Å². The minimum Gasteiger partial charge on any atom is -0.504 e. The van der Waals surface area contributed by atoms with Gasteiger partial charge in [0.2, 0.25) is 0 Å². The first-order chi connectivity index (χ1) is 8.48. The minimum absolute atomic E-state index is 0.0133. The summed E-state index contributed by atoms with van der Waals surface area (Å²) in [6, 6.07) is 2.85. The molecular weight excluding hydrogens is 234 g/mol. The van der Waals surface area contributed by atoms with E-state index in [1.807, 2.05) is 6.92 Å². The van der Waals surface area contributed by atoms with Crippen molar-refractivity contribution in [2.45, 2.75) is 25.3 Å². The molecule has 1 aliphatic rings. The lowest BCUT2D eigenvalue weighted by atomic mass is 9.88. The van der Waals surface area contributed by atoms with E-state index in [0.717, 1.165) is 19.4 Å². The van der Waals surface area contributed by atoms with Gasteiger partial charge >= 0.3 is 5.97 Å². The number of benzene rings is 1. The summed E-state index contributed by atoms with van der Waals surface area (Å²) in [7, 11) is 1.41. The quantitative estimate of drug-likeness (QED) is 0.762. The predicted molar refractivity (Wildman–Crippen MR) is 66.2 cm³/mol. The van der Waals surface area contributed by atoms with Gasteiger partial charge in [-0.2, -0.15) is 0 Å². The summed E-state index contributed by atoms with van der Waals surface area (Å²) in [6.07, 6.45) is 1.85. The Hall–Kier alpha value is -1.75. The van der Waals surface area contributed by atoms with Crippen molar-refractivity contribution in [3.8, 4) is 11.5 Å². The van der Waals surface area contributed by atoms with Crippen molar-refractivity contribution in [2.24, 2.45) is 0 Å². The molecule has 1 atom stereocenters. The Kier molecular flexibility index (Phi) is 3.17. The zero-order valence-corrected chi connectivity index (χ0v) is 10.5. The van der Waals surface area contributed by atoms with Gasteiger partial charge in [0.1, 0.15) is 0 Å². The number of phenols is 1. The van der Waals surface area contributed by atoms with Crippen LogP contribution in [0.3, 0.4) is 0 Å². The zero-order chi connectivity index (χ0) is 13.3. The molecule has 0 spiro atoms. The third kappa shape index (κ3) is 2.01. The van der Waals surface area contributed by atoms with Crippen molar-refractivity contribution >= 4 is 5.97 Å². The van der Waals surface area contributed by atoms with Gasteiger partial charge in [0, 0.05) is 11.1 Å². The van der Waals surface area contributed by atoms with Crippen LogP contribution in [-0.4, -0.2) is 29.8 Å². The minimum atomic E-state index is -1.03. The first kappa shape index (κ1) is 12.7. The number of hydrogen-bond donors (Lipinski definition) is 3. The Morgan fingerprint density at radius 2 is 2.22 bits per heavy atom. The number of rotatable bonds is 3. The lowest BCUT2D eigenvalue weighted by Crippen LogP contribution is -2.33. The molecule has 1 saturated heterocycles. The van der Waals surface area contributed by atoms with Crippen LogP contribution < -0.4 is 10.1 Å². The van der Waals surface area contributed by atoms with Crippen LogP contribution in [0.1, 0.15) is 35.7 Å². The van der Waals surface area contributed by atoms with Crippen molar-refractivity contribution in [3.05, 3.63) is 23.3 Å². The molecule has 3 N–H and O–H groups in total. The van der Waals surface area contributed by atoms with Crippen LogP contribution in [-0.2, 0) is 5.54 Å². The molecule has 1 fully saturated rings. The number of methoxy groups -OCH3 is 1. The second-order valence-corrected chi connectivity index (χ2v) is 4.74. The highest BCUT2D eigenvalue weighted by Gasteiger charge is 2.34. The third-order valence-electron chi connectivity index (χ3n) is 3.50. The number of aromatic carboxylic acids is 1. The van der Waals surface area contributed by atoms with E-state index >= 15 is 0 Å². The summed E-state index contributed by atoms with van der Waals surface area (Å²) in [5, 5.41) is 22.6. The Morgan fingerprint density at radius 3 is 2.72 bits per heavy atom. The molecule has 0 aliphatic carbocycles. The summed E-state index contributed by atoms with van der Waals surface area (Å²) < 4.78 is 5.04. The monoisotopic (exact) mass is 251 g/mol. The number of phenolic OH excluding ortho intramolecular Hbond substituents is 1. The average Bonchev–Trinajstić information content (AvgIpc) is 2.77. The van der Waals surface area contributed by atoms with E-state index in [9.17, 15) is 9.90 Å². The second-order valence-electron chi connectivity index (χ2n) is 4.74. The van der Waals surface area contributed by atoms with E-state index in [0.29, 0.717) is 5.56 Å². The SMILES string of the molecule is COc1cc(C(=O)O)cc(C2(C)CCCN2)c1O. The molecule has 1 aromatic rings. The molecule has 5 nitrogen and oxygen atoms in total. The number of aromatic hydroxyl groups is 1. The topological polar surface area (TPSA) is 78.8 Å². The normalized spacial score (nSPS) is 23.0. The zero-order valence-electron chi connectivity index (χ0n) is 10.5. The number of hydrogen-bond acceptors (Lipinski definition) is 4. The summed E-state index contributed by atoms with van der Waals surface area (Å²) in [6.45, 7) is 2.82. The average molecular weight is 251 g/mol. The van der Waals surface area contributed by atoms with Crippen LogP contribution in [0.25, 0.3) is 0 Å². The molecule has 18 heavy (non-hydrogen) atoms. The molecule has 0 aromatic heterocycles. The molecule has 1 heterocycles. The van der Waals surface area contributed by atoms with Gasteiger partial charge in [0.15, 0.2) is 11.5 Å². The van der Waals surface area contributed by atoms with Gasteiger partial charge in [0.05, 0.1) is 12.7 Å². The molecule has 1 unspecified atom stereocenters. The van der Waals surface area contributed by atoms with Crippen LogP contribution in [0.2, 0.25) is 0 Å². The maximum absolute atomic E-state index is 11.1. The molecule has 2 rings (SSSR count). The van der Waals surface area contributed by atoms with Gasteiger partial charge in [-0.25, -0.2) is 4.79 Å². The van der Waals surface area contributed by atoms with Crippen LogP contribution in [0.5, 0.6) is 11.5 Å². The largest absolute Gasteiger partial charge is 0.504 e. The smallest absolute Gasteiger partial charge is 0.335 e. The fourth-order valence-corrected chi connectivity index (χ4v) is 2.43.